The molecule has 3 fully saturated rings. The van der Waals surface area contributed by atoms with E-state index in [1.807, 2.05) is 35.2 Å². The molecule has 1 aliphatic carbocycles. The van der Waals surface area contributed by atoms with Gasteiger partial charge in [-0.3, -0.25) is 14.4 Å². The first-order chi connectivity index (χ1) is 16.1. The van der Waals surface area contributed by atoms with E-state index < -0.39 is 0 Å². The van der Waals surface area contributed by atoms with Crippen LogP contribution in [-0.4, -0.2) is 53.1 Å². The Morgan fingerprint density at radius 2 is 1.58 bits per heavy atom. The van der Waals surface area contributed by atoms with Gasteiger partial charge in [-0.15, -0.1) is 0 Å². The van der Waals surface area contributed by atoms with E-state index in [4.69, 9.17) is 0 Å². The van der Waals surface area contributed by atoms with Crippen LogP contribution in [-0.2, 0) is 20.8 Å². The fourth-order valence-corrected chi connectivity index (χ4v) is 6.23. The molecule has 0 radical (unpaired) electrons. The topological polar surface area (TPSA) is 57.7 Å². The summed E-state index contributed by atoms with van der Waals surface area (Å²) in [6.45, 7) is 2.51. The summed E-state index contributed by atoms with van der Waals surface area (Å²) in [7, 11) is 0. The second kappa shape index (κ2) is 11.8. The van der Waals surface area contributed by atoms with Crippen LogP contribution in [0.3, 0.4) is 0 Å². The van der Waals surface area contributed by atoms with Crippen molar-refractivity contribution in [3.63, 3.8) is 0 Å². The molecule has 5 heteroatoms. The van der Waals surface area contributed by atoms with Gasteiger partial charge in [0, 0.05) is 50.9 Å². The number of carbonyl (C=O) groups is 3. The summed E-state index contributed by atoms with van der Waals surface area (Å²) in [4.78, 5) is 43.0. The van der Waals surface area contributed by atoms with Gasteiger partial charge in [0.2, 0.25) is 11.8 Å². The van der Waals surface area contributed by atoms with Gasteiger partial charge in [0.05, 0.1) is 0 Å². The Morgan fingerprint density at radius 3 is 2.36 bits per heavy atom. The number of ketones is 1. The van der Waals surface area contributed by atoms with Gasteiger partial charge in [0.15, 0.2) is 0 Å². The molecule has 0 bridgehead atoms. The lowest BCUT2D eigenvalue weighted by Gasteiger charge is -2.44. The number of nitrogens with zero attached hydrogens (tertiary/aromatic N) is 2. The maximum atomic E-state index is 13.1. The van der Waals surface area contributed by atoms with Crippen LogP contribution < -0.4 is 0 Å². The van der Waals surface area contributed by atoms with E-state index in [1.165, 1.54) is 25.7 Å². The van der Waals surface area contributed by atoms with Crippen LogP contribution in [0.2, 0.25) is 0 Å². The quantitative estimate of drug-likeness (QED) is 0.542. The van der Waals surface area contributed by atoms with Crippen LogP contribution in [0.1, 0.15) is 82.6 Å². The second-order valence-corrected chi connectivity index (χ2v) is 10.4. The Labute approximate surface area is 198 Å². The molecule has 1 aromatic carbocycles. The molecule has 33 heavy (non-hydrogen) atoms. The monoisotopic (exact) mass is 452 g/mol. The summed E-state index contributed by atoms with van der Waals surface area (Å²) < 4.78 is 0. The molecule has 2 amide bonds. The molecule has 2 heterocycles. The highest BCUT2D eigenvalue weighted by Crippen LogP contribution is 2.35. The van der Waals surface area contributed by atoms with E-state index in [-0.39, 0.29) is 29.9 Å². The van der Waals surface area contributed by atoms with Gasteiger partial charge >= 0.3 is 0 Å². The van der Waals surface area contributed by atoms with Crippen LogP contribution in [0.4, 0.5) is 0 Å². The minimum atomic E-state index is -0.293. The SMILES string of the molecule is O=C(CCCC(=O)N1CCCC2CCCCC21)C[C@@H](Cc1ccccc1)C(=O)N1CCCC1. The molecular weight excluding hydrogens is 412 g/mol. The van der Waals surface area contributed by atoms with Gasteiger partial charge in [0.1, 0.15) is 5.78 Å². The number of piperidine rings is 1. The van der Waals surface area contributed by atoms with Crippen molar-refractivity contribution < 1.29 is 14.4 Å². The van der Waals surface area contributed by atoms with Crippen LogP contribution in [0.15, 0.2) is 30.3 Å². The molecule has 5 nitrogen and oxygen atoms in total. The number of rotatable bonds is 9. The van der Waals surface area contributed by atoms with Gasteiger partial charge in [-0.2, -0.15) is 0 Å². The van der Waals surface area contributed by atoms with Crippen molar-refractivity contribution in [1.82, 2.24) is 9.80 Å². The van der Waals surface area contributed by atoms with Gasteiger partial charge in [0.25, 0.3) is 0 Å². The first kappa shape index (κ1) is 24.0. The molecule has 2 aliphatic heterocycles. The van der Waals surface area contributed by atoms with E-state index in [0.29, 0.717) is 37.6 Å². The Kier molecular flexibility index (Phi) is 8.57. The minimum Gasteiger partial charge on any atom is -0.342 e. The molecule has 0 N–H and O–H groups in total. The van der Waals surface area contributed by atoms with Crippen LogP contribution in [0.25, 0.3) is 0 Å². The van der Waals surface area contributed by atoms with Crippen LogP contribution >= 0.6 is 0 Å². The van der Waals surface area contributed by atoms with Crippen LogP contribution in [0.5, 0.6) is 0 Å². The molecule has 3 aliphatic rings. The highest BCUT2D eigenvalue weighted by Gasteiger charge is 2.35. The number of hydrogen-bond acceptors (Lipinski definition) is 3. The third kappa shape index (κ3) is 6.45. The molecule has 4 rings (SSSR count). The van der Waals surface area contributed by atoms with Crippen molar-refractivity contribution in [2.45, 2.75) is 89.5 Å². The van der Waals surface area contributed by atoms with Crippen molar-refractivity contribution in [3.8, 4) is 0 Å². The largest absolute Gasteiger partial charge is 0.342 e. The van der Waals surface area contributed by atoms with Gasteiger partial charge < -0.3 is 9.80 Å². The number of Topliss-reactive ketones (excluding diaryl/α,β-unsaturated/α-hetero) is 1. The maximum absolute atomic E-state index is 13.1. The van der Waals surface area contributed by atoms with E-state index in [1.54, 1.807) is 0 Å². The van der Waals surface area contributed by atoms with Gasteiger partial charge in [-0.05, 0) is 62.8 Å². The van der Waals surface area contributed by atoms with E-state index in [9.17, 15) is 14.4 Å². The van der Waals surface area contributed by atoms with E-state index >= 15 is 0 Å². The summed E-state index contributed by atoms with van der Waals surface area (Å²) >= 11 is 0. The summed E-state index contributed by atoms with van der Waals surface area (Å²) in [5.41, 5.74) is 1.10. The van der Waals surface area contributed by atoms with Crippen molar-refractivity contribution in [2.75, 3.05) is 19.6 Å². The highest BCUT2D eigenvalue weighted by molar-refractivity contribution is 5.87. The number of benzene rings is 1. The summed E-state index contributed by atoms with van der Waals surface area (Å²) in [5.74, 6) is 0.864. The molecule has 1 saturated carbocycles. The average Bonchev–Trinajstić information content (AvgIpc) is 3.38. The zero-order valence-electron chi connectivity index (χ0n) is 20.1. The zero-order valence-corrected chi connectivity index (χ0v) is 20.1. The van der Waals surface area contributed by atoms with Crippen LogP contribution in [0, 0.1) is 11.8 Å². The number of fused-ring (bicyclic) bond motifs is 1. The number of carbonyl (C=O) groups excluding carboxylic acids is 3. The standard InChI is InChI=1S/C28H40N2O3/c31-25(14-8-16-27(32)30-19-9-13-23-12-4-5-15-26(23)30)21-24(20-22-10-2-1-3-11-22)28(33)29-17-6-7-18-29/h1-3,10-11,23-24,26H,4-9,12-21H2/t23?,24-,26?/m1/s1. The van der Waals surface area contributed by atoms with Crippen molar-refractivity contribution in [1.29, 1.82) is 0 Å². The summed E-state index contributed by atoms with van der Waals surface area (Å²) in [6.07, 6.45) is 11.8. The number of likely N-dealkylation sites (tertiary alicyclic amines) is 2. The number of hydrogen-bond donors (Lipinski definition) is 0. The zero-order chi connectivity index (χ0) is 23.0. The lowest BCUT2D eigenvalue weighted by atomic mass is 9.78. The van der Waals surface area contributed by atoms with Crippen molar-refractivity contribution in [2.24, 2.45) is 11.8 Å². The van der Waals surface area contributed by atoms with Gasteiger partial charge in [-0.1, -0.05) is 43.2 Å². The fourth-order valence-electron chi connectivity index (χ4n) is 6.23. The molecule has 180 valence electrons. The lowest BCUT2D eigenvalue weighted by molar-refractivity contribution is -0.138. The lowest BCUT2D eigenvalue weighted by Crippen LogP contribution is -2.49. The Balaban J connectivity index is 1.27. The smallest absolute Gasteiger partial charge is 0.226 e. The fraction of sp³-hybridized carbons (Fsp3) is 0.679. The summed E-state index contributed by atoms with van der Waals surface area (Å²) in [5, 5.41) is 0. The molecule has 2 unspecified atom stereocenters. The third-order valence-electron chi connectivity index (χ3n) is 7.98. The highest BCUT2D eigenvalue weighted by atomic mass is 16.2. The van der Waals surface area contributed by atoms with Crippen molar-refractivity contribution in [3.05, 3.63) is 35.9 Å². The normalized spacial score (nSPS) is 23.8. The van der Waals surface area contributed by atoms with E-state index in [0.717, 1.165) is 50.9 Å². The Hall–Kier alpha value is -2.17. The Morgan fingerprint density at radius 1 is 0.848 bits per heavy atom. The number of amides is 2. The molecule has 0 spiro atoms. The third-order valence-corrected chi connectivity index (χ3v) is 7.98. The first-order valence-electron chi connectivity index (χ1n) is 13.3. The van der Waals surface area contributed by atoms with Gasteiger partial charge in [-0.25, -0.2) is 0 Å². The Bertz CT molecular complexity index is 801. The maximum Gasteiger partial charge on any atom is 0.226 e. The molecule has 2 saturated heterocycles. The second-order valence-electron chi connectivity index (χ2n) is 10.4. The van der Waals surface area contributed by atoms with Crippen molar-refractivity contribution >= 4 is 17.6 Å². The minimum absolute atomic E-state index is 0.116. The molecule has 0 aromatic heterocycles. The predicted molar refractivity (Wildman–Crippen MR) is 130 cm³/mol. The summed E-state index contributed by atoms with van der Waals surface area (Å²) in [6, 6.07) is 10.4. The molecule has 1 aromatic rings. The first-order valence-corrected chi connectivity index (χ1v) is 13.3. The average molecular weight is 453 g/mol. The molecular formula is C28H40N2O3. The van der Waals surface area contributed by atoms with E-state index in [2.05, 4.69) is 4.90 Å². The predicted octanol–water partition coefficient (Wildman–Crippen LogP) is 4.78. The molecule has 3 atom stereocenters.